The summed E-state index contributed by atoms with van der Waals surface area (Å²) >= 11 is 1.47. The Morgan fingerprint density at radius 3 is 2.47 bits per heavy atom. The largest absolute Gasteiger partial charge is 0.298 e. The van der Waals surface area contributed by atoms with Crippen LogP contribution >= 0.6 is 11.3 Å². The molecule has 0 unspecified atom stereocenters. The topological polar surface area (TPSA) is 34.1 Å². The molecule has 92 valence electrons. The highest BCUT2D eigenvalue weighted by Gasteiger charge is 2.07. The first-order chi connectivity index (χ1) is 9.29. The Kier molecular flexibility index (Phi) is 2.97. The van der Waals surface area contributed by atoms with Crippen LogP contribution in [0.25, 0.3) is 20.5 Å². The van der Waals surface area contributed by atoms with Crippen LogP contribution in [0.1, 0.15) is 10.4 Å². The molecule has 3 heteroatoms. The molecule has 1 heterocycles. The van der Waals surface area contributed by atoms with Crippen LogP contribution < -0.4 is 5.43 Å². The molecule has 0 spiro atoms. The van der Waals surface area contributed by atoms with Crippen molar-refractivity contribution < 1.29 is 4.79 Å². The minimum absolute atomic E-state index is 0.0451. The summed E-state index contributed by atoms with van der Waals surface area (Å²) < 4.78 is 0.754. The summed E-state index contributed by atoms with van der Waals surface area (Å²) in [5, 5.41) is 0.606. The van der Waals surface area contributed by atoms with E-state index in [0.29, 0.717) is 10.9 Å². The first kappa shape index (κ1) is 11.8. The van der Waals surface area contributed by atoms with E-state index in [9.17, 15) is 9.59 Å². The molecule has 0 N–H and O–H groups in total. The summed E-state index contributed by atoms with van der Waals surface area (Å²) in [6, 6.07) is 16.6. The zero-order chi connectivity index (χ0) is 13.2. The molecule has 19 heavy (non-hydrogen) atoms. The van der Waals surface area contributed by atoms with Gasteiger partial charge >= 0.3 is 0 Å². The van der Waals surface area contributed by atoms with Gasteiger partial charge in [-0.25, -0.2) is 0 Å². The Balaban J connectivity index is 2.36. The number of aldehydes is 1. The summed E-state index contributed by atoms with van der Waals surface area (Å²) in [4.78, 5) is 24.1. The van der Waals surface area contributed by atoms with Gasteiger partial charge in [-0.2, -0.15) is 0 Å². The second-order valence-electron chi connectivity index (χ2n) is 4.18. The first-order valence-corrected chi connectivity index (χ1v) is 6.69. The lowest BCUT2D eigenvalue weighted by Crippen LogP contribution is -2.00. The van der Waals surface area contributed by atoms with E-state index in [-0.39, 0.29) is 5.43 Å². The van der Waals surface area contributed by atoms with Crippen molar-refractivity contribution >= 4 is 27.7 Å². The molecule has 0 saturated carbocycles. The molecule has 0 bridgehead atoms. The molecule has 0 fully saturated rings. The van der Waals surface area contributed by atoms with Gasteiger partial charge in [-0.3, -0.25) is 9.59 Å². The number of carbonyl (C=O) groups is 1. The van der Waals surface area contributed by atoms with Crippen molar-refractivity contribution in [1.29, 1.82) is 0 Å². The van der Waals surface area contributed by atoms with Crippen LogP contribution in [-0.2, 0) is 0 Å². The van der Waals surface area contributed by atoms with Crippen molar-refractivity contribution in [3.05, 3.63) is 70.4 Å². The molecule has 0 radical (unpaired) electrons. The van der Waals surface area contributed by atoms with Gasteiger partial charge in [0, 0.05) is 26.6 Å². The SMILES string of the molecule is O=Cc1cccc2c(=O)cc(-c3ccccc3)sc12. The lowest BCUT2D eigenvalue weighted by atomic mass is 10.1. The third kappa shape index (κ3) is 2.09. The van der Waals surface area contributed by atoms with Crippen molar-refractivity contribution in [1.82, 2.24) is 0 Å². The van der Waals surface area contributed by atoms with E-state index in [1.54, 1.807) is 24.3 Å². The molecule has 2 aromatic carbocycles. The molecule has 3 aromatic rings. The molecule has 0 aliphatic heterocycles. The molecule has 0 amide bonds. The molecule has 3 rings (SSSR count). The minimum Gasteiger partial charge on any atom is -0.298 e. The fourth-order valence-corrected chi connectivity index (χ4v) is 3.19. The summed E-state index contributed by atoms with van der Waals surface area (Å²) in [6.07, 6.45) is 0.799. The van der Waals surface area contributed by atoms with Gasteiger partial charge in [-0.15, -0.1) is 11.3 Å². The maximum absolute atomic E-state index is 12.1. The van der Waals surface area contributed by atoms with E-state index in [1.165, 1.54) is 11.3 Å². The average molecular weight is 266 g/mol. The number of fused-ring (bicyclic) bond motifs is 1. The fourth-order valence-electron chi connectivity index (χ4n) is 2.04. The second-order valence-corrected chi connectivity index (χ2v) is 5.23. The second kappa shape index (κ2) is 4.78. The molecular weight excluding hydrogens is 256 g/mol. The van der Waals surface area contributed by atoms with Gasteiger partial charge in [0.15, 0.2) is 11.7 Å². The van der Waals surface area contributed by atoms with Crippen LogP contribution in [0.3, 0.4) is 0 Å². The van der Waals surface area contributed by atoms with Gasteiger partial charge in [0.2, 0.25) is 0 Å². The van der Waals surface area contributed by atoms with Gasteiger partial charge in [0.25, 0.3) is 0 Å². The molecule has 0 atom stereocenters. The standard InChI is InChI=1S/C16H10O2S/c17-10-12-7-4-8-13-14(18)9-15(19-16(12)13)11-5-2-1-3-6-11/h1-10H. The number of rotatable bonds is 2. The van der Waals surface area contributed by atoms with Gasteiger partial charge in [-0.1, -0.05) is 42.5 Å². The number of hydrogen-bond donors (Lipinski definition) is 0. The van der Waals surface area contributed by atoms with Crippen LogP contribution in [0.15, 0.2) is 59.4 Å². The number of benzene rings is 2. The van der Waals surface area contributed by atoms with Gasteiger partial charge in [0.1, 0.15) is 0 Å². The Bertz CT molecular complexity index is 804. The molecule has 0 aliphatic carbocycles. The van der Waals surface area contributed by atoms with Gasteiger partial charge < -0.3 is 0 Å². The maximum atomic E-state index is 12.1. The molecule has 0 aliphatic rings. The third-order valence-corrected chi connectivity index (χ3v) is 4.20. The van der Waals surface area contributed by atoms with Crippen LogP contribution in [0, 0.1) is 0 Å². The van der Waals surface area contributed by atoms with Crippen molar-refractivity contribution in [3.63, 3.8) is 0 Å². The van der Waals surface area contributed by atoms with Crippen molar-refractivity contribution in [2.45, 2.75) is 0 Å². The van der Waals surface area contributed by atoms with E-state index in [1.807, 2.05) is 30.3 Å². The smallest absolute Gasteiger partial charge is 0.188 e. The van der Waals surface area contributed by atoms with Crippen molar-refractivity contribution in [2.75, 3.05) is 0 Å². The Morgan fingerprint density at radius 2 is 1.74 bits per heavy atom. The highest BCUT2D eigenvalue weighted by Crippen LogP contribution is 2.29. The molecule has 2 nitrogen and oxygen atoms in total. The molecule has 1 aromatic heterocycles. The fraction of sp³-hybridized carbons (Fsp3) is 0. The first-order valence-electron chi connectivity index (χ1n) is 5.87. The van der Waals surface area contributed by atoms with E-state index in [0.717, 1.165) is 21.4 Å². The summed E-state index contributed by atoms with van der Waals surface area (Å²) in [5.74, 6) is 0. The lowest BCUT2D eigenvalue weighted by Gasteiger charge is -2.04. The predicted molar refractivity (Wildman–Crippen MR) is 78.9 cm³/mol. The minimum atomic E-state index is -0.0451. The Labute approximate surface area is 114 Å². The number of hydrogen-bond acceptors (Lipinski definition) is 3. The predicted octanol–water partition coefficient (Wildman–Crippen LogP) is 3.74. The van der Waals surface area contributed by atoms with Crippen LogP contribution in [-0.4, -0.2) is 6.29 Å². The van der Waals surface area contributed by atoms with E-state index >= 15 is 0 Å². The normalized spacial score (nSPS) is 10.5. The van der Waals surface area contributed by atoms with Crippen LogP contribution in [0.2, 0.25) is 0 Å². The van der Waals surface area contributed by atoms with E-state index < -0.39 is 0 Å². The summed E-state index contributed by atoms with van der Waals surface area (Å²) in [5.41, 5.74) is 1.51. The van der Waals surface area contributed by atoms with Gasteiger partial charge in [0.05, 0.1) is 0 Å². The van der Waals surface area contributed by atoms with Gasteiger partial charge in [-0.05, 0) is 11.6 Å². The highest BCUT2D eigenvalue weighted by molar-refractivity contribution is 7.21. The van der Waals surface area contributed by atoms with Crippen molar-refractivity contribution in [3.8, 4) is 10.4 Å². The van der Waals surface area contributed by atoms with Crippen LogP contribution in [0.4, 0.5) is 0 Å². The summed E-state index contributed by atoms with van der Waals surface area (Å²) in [6.45, 7) is 0. The number of carbonyl (C=O) groups excluding carboxylic acids is 1. The van der Waals surface area contributed by atoms with Crippen LogP contribution in [0.5, 0.6) is 0 Å². The highest BCUT2D eigenvalue weighted by atomic mass is 32.1. The lowest BCUT2D eigenvalue weighted by molar-refractivity contribution is 0.112. The zero-order valence-electron chi connectivity index (χ0n) is 10.00. The Morgan fingerprint density at radius 1 is 0.947 bits per heavy atom. The quantitative estimate of drug-likeness (QED) is 0.662. The molecule has 0 saturated heterocycles. The maximum Gasteiger partial charge on any atom is 0.188 e. The van der Waals surface area contributed by atoms with E-state index in [2.05, 4.69) is 0 Å². The molecular formula is C16H10O2S. The zero-order valence-corrected chi connectivity index (χ0v) is 10.8. The average Bonchev–Trinajstić information content (AvgIpc) is 2.47. The summed E-state index contributed by atoms with van der Waals surface area (Å²) in [7, 11) is 0. The van der Waals surface area contributed by atoms with E-state index in [4.69, 9.17) is 0 Å². The monoisotopic (exact) mass is 266 g/mol. The Hall–Kier alpha value is -2.26. The van der Waals surface area contributed by atoms with Crippen molar-refractivity contribution in [2.24, 2.45) is 0 Å². The third-order valence-electron chi connectivity index (χ3n) is 2.97.